The third-order valence-electron chi connectivity index (χ3n) is 4.60. The van der Waals surface area contributed by atoms with E-state index in [-0.39, 0.29) is 11.4 Å². The molecule has 2 aromatic carbocycles. The molecule has 3 rings (SSSR count). The van der Waals surface area contributed by atoms with Crippen molar-refractivity contribution in [3.63, 3.8) is 0 Å². The van der Waals surface area contributed by atoms with E-state index in [0.717, 1.165) is 5.56 Å². The summed E-state index contributed by atoms with van der Waals surface area (Å²) in [6.07, 6.45) is 1.02. The van der Waals surface area contributed by atoms with Crippen LogP contribution in [0, 0.1) is 0 Å². The zero-order valence-corrected chi connectivity index (χ0v) is 16.0. The first kappa shape index (κ1) is 19.0. The van der Waals surface area contributed by atoms with Crippen LogP contribution >= 0.6 is 11.6 Å². The van der Waals surface area contributed by atoms with Crippen LogP contribution in [0.2, 0.25) is 5.02 Å². The zero-order valence-electron chi connectivity index (χ0n) is 14.5. The normalized spacial score (nSPS) is 19.2. The van der Waals surface area contributed by atoms with E-state index in [1.165, 1.54) is 31.4 Å². The van der Waals surface area contributed by atoms with Crippen molar-refractivity contribution in [2.75, 3.05) is 20.8 Å². The van der Waals surface area contributed by atoms with Crippen LogP contribution in [0.15, 0.2) is 41.3 Å². The molecule has 0 radical (unpaired) electrons. The molecule has 8 heteroatoms. The number of benzene rings is 2. The first-order valence-electron chi connectivity index (χ1n) is 8.02. The fourth-order valence-corrected chi connectivity index (χ4v) is 4.35. The van der Waals surface area contributed by atoms with E-state index in [9.17, 15) is 13.5 Å². The van der Waals surface area contributed by atoms with Crippen molar-refractivity contribution in [1.29, 1.82) is 0 Å². The Morgan fingerprint density at radius 2 is 1.77 bits per heavy atom. The van der Waals surface area contributed by atoms with Gasteiger partial charge in [0.15, 0.2) is 11.5 Å². The summed E-state index contributed by atoms with van der Waals surface area (Å²) in [5, 5.41) is 11.5. The molecular weight excluding hydrogens is 378 g/mol. The van der Waals surface area contributed by atoms with Crippen LogP contribution in [-0.2, 0) is 22.0 Å². The molecular formula is C18H20ClNO5S. The van der Waals surface area contributed by atoms with Gasteiger partial charge in [-0.2, -0.15) is 0 Å². The molecule has 26 heavy (non-hydrogen) atoms. The average Bonchev–Trinajstić information content (AvgIpc) is 2.96. The van der Waals surface area contributed by atoms with Gasteiger partial charge in [0.1, 0.15) is 5.60 Å². The summed E-state index contributed by atoms with van der Waals surface area (Å²) in [4.78, 5) is 0.0935. The Morgan fingerprint density at radius 1 is 1.15 bits per heavy atom. The smallest absolute Gasteiger partial charge is 0.240 e. The Kier molecular flexibility index (Phi) is 5.16. The number of aliphatic hydroxyl groups is 1. The predicted octanol–water partition coefficient (Wildman–Crippen LogP) is 2.47. The summed E-state index contributed by atoms with van der Waals surface area (Å²) in [5.41, 5.74) is 0.249. The number of ether oxygens (including phenoxy) is 2. The highest BCUT2D eigenvalue weighted by Gasteiger charge is 2.38. The molecule has 0 heterocycles. The fraction of sp³-hybridized carbons (Fsp3) is 0.333. The Bertz CT molecular complexity index is 914. The Hall–Kier alpha value is -1.80. The van der Waals surface area contributed by atoms with Crippen LogP contribution in [0.25, 0.3) is 0 Å². The van der Waals surface area contributed by atoms with Gasteiger partial charge in [0.05, 0.1) is 19.1 Å². The van der Waals surface area contributed by atoms with Crippen LogP contribution in [-0.4, -0.2) is 34.3 Å². The molecule has 0 saturated carbocycles. The topological polar surface area (TPSA) is 84.9 Å². The number of halogens is 1. The van der Waals surface area contributed by atoms with Crippen molar-refractivity contribution in [2.24, 2.45) is 0 Å². The number of nitrogens with one attached hydrogen (secondary N) is 1. The summed E-state index contributed by atoms with van der Waals surface area (Å²) >= 11 is 5.80. The second-order valence-corrected chi connectivity index (χ2v) is 8.38. The second kappa shape index (κ2) is 7.08. The van der Waals surface area contributed by atoms with Crippen molar-refractivity contribution in [1.82, 2.24) is 4.72 Å². The highest BCUT2D eigenvalue weighted by Crippen LogP contribution is 2.42. The van der Waals surface area contributed by atoms with Crippen molar-refractivity contribution >= 4 is 21.6 Å². The van der Waals surface area contributed by atoms with Gasteiger partial charge >= 0.3 is 0 Å². The molecule has 1 aliphatic carbocycles. The van der Waals surface area contributed by atoms with Crippen molar-refractivity contribution in [3.8, 4) is 11.5 Å². The standard InChI is InChI=1S/C18H20ClNO5S/c1-24-16-9-12-7-8-18(21,15(12)10-17(16)25-2)11-20-26(22,23)14-5-3-13(19)4-6-14/h3-6,9-10,20-21H,7-8,11H2,1-2H3. The predicted molar refractivity (Wildman–Crippen MR) is 98.4 cm³/mol. The Balaban J connectivity index is 1.84. The summed E-state index contributed by atoms with van der Waals surface area (Å²) in [6, 6.07) is 9.38. The molecule has 0 aromatic heterocycles. The molecule has 1 unspecified atom stereocenters. The molecule has 0 spiro atoms. The SMILES string of the molecule is COc1cc2c(cc1OC)C(O)(CNS(=O)(=O)c1ccc(Cl)cc1)CC2. The molecule has 0 aliphatic heterocycles. The molecule has 6 nitrogen and oxygen atoms in total. The Morgan fingerprint density at radius 3 is 2.38 bits per heavy atom. The number of hydrogen-bond donors (Lipinski definition) is 2. The average molecular weight is 398 g/mol. The fourth-order valence-electron chi connectivity index (χ4n) is 3.13. The van der Waals surface area contributed by atoms with Gasteiger partial charge in [-0.15, -0.1) is 0 Å². The minimum Gasteiger partial charge on any atom is -0.493 e. The monoisotopic (exact) mass is 397 g/mol. The maximum Gasteiger partial charge on any atom is 0.240 e. The van der Waals surface area contributed by atoms with E-state index in [4.69, 9.17) is 21.1 Å². The third kappa shape index (κ3) is 3.53. The van der Waals surface area contributed by atoms with Gasteiger partial charge in [0.25, 0.3) is 0 Å². The van der Waals surface area contributed by atoms with Crippen LogP contribution < -0.4 is 14.2 Å². The lowest BCUT2D eigenvalue weighted by molar-refractivity contribution is 0.0440. The number of hydrogen-bond acceptors (Lipinski definition) is 5. The van der Waals surface area contributed by atoms with Crippen LogP contribution in [0.4, 0.5) is 0 Å². The van der Waals surface area contributed by atoms with Gasteiger partial charge in [0.2, 0.25) is 10.0 Å². The van der Waals surface area contributed by atoms with E-state index < -0.39 is 15.6 Å². The van der Waals surface area contributed by atoms with E-state index >= 15 is 0 Å². The quantitative estimate of drug-likeness (QED) is 0.782. The first-order chi connectivity index (χ1) is 12.3. The van der Waals surface area contributed by atoms with Gasteiger partial charge in [-0.3, -0.25) is 0 Å². The maximum atomic E-state index is 12.5. The number of aryl methyl sites for hydroxylation is 1. The molecule has 0 saturated heterocycles. The van der Waals surface area contributed by atoms with Crippen molar-refractivity contribution in [2.45, 2.75) is 23.3 Å². The number of fused-ring (bicyclic) bond motifs is 1. The van der Waals surface area contributed by atoms with Crippen LogP contribution in [0.5, 0.6) is 11.5 Å². The lowest BCUT2D eigenvalue weighted by Gasteiger charge is -2.25. The summed E-state index contributed by atoms with van der Waals surface area (Å²) in [7, 11) is -0.696. The van der Waals surface area contributed by atoms with E-state index in [1.54, 1.807) is 13.2 Å². The van der Waals surface area contributed by atoms with Crippen LogP contribution in [0.1, 0.15) is 17.5 Å². The van der Waals surface area contributed by atoms with Gasteiger partial charge < -0.3 is 14.6 Å². The highest BCUT2D eigenvalue weighted by atomic mass is 35.5. The van der Waals surface area contributed by atoms with Gasteiger partial charge in [0, 0.05) is 11.6 Å². The van der Waals surface area contributed by atoms with E-state index in [1.807, 2.05) is 6.07 Å². The molecule has 140 valence electrons. The number of sulfonamides is 1. The molecule has 0 bridgehead atoms. The third-order valence-corrected chi connectivity index (χ3v) is 6.27. The minimum atomic E-state index is -3.76. The first-order valence-corrected chi connectivity index (χ1v) is 9.88. The molecule has 1 aliphatic rings. The highest BCUT2D eigenvalue weighted by molar-refractivity contribution is 7.89. The van der Waals surface area contributed by atoms with Gasteiger partial charge in [-0.1, -0.05) is 11.6 Å². The van der Waals surface area contributed by atoms with Gasteiger partial charge in [-0.05, 0) is 60.4 Å². The molecule has 1 atom stereocenters. The molecule has 2 aromatic rings. The van der Waals surface area contributed by atoms with E-state index in [2.05, 4.69) is 4.72 Å². The largest absolute Gasteiger partial charge is 0.493 e. The van der Waals surface area contributed by atoms with Crippen molar-refractivity contribution in [3.05, 3.63) is 52.5 Å². The van der Waals surface area contributed by atoms with Crippen molar-refractivity contribution < 1.29 is 23.0 Å². The minimum absolute atomic E-state index is 0.0935. The lowest BCUT2D eigenvalue weighted by Crippen LogP contribution is -2.39. The maximum absolute atomic E-state index is 12.5. The summed E-state index contributed by atoms with van der Waals surface area (Å²) < 4.78 is 38.0. The summed E-state index contributed by atoms with van der Waals surface area (Å²) in [5.74, 6) is 1.07. The second-order valence-electron chi connectivity index (χ2n) is 6.17. The number of rotatable bonds is 6. The van der Waals surface area contributed by atoms with Gasteiger partial charge in [-0.25, -0.2) is 13.1 Å². The molecule has 2 N–H and O–H groups in total. The summed E-state index contributed by atoms with van der Waals surface area (Å²) in [6.45, 7) is -0.138. The van der Waals surface area contributed by atoms with Crippen LogP contribution in [0.3, 0.4) is 0 Å². The Labute approximate surface area is 157 Å². The van der Waals surface area contributed by atoms with E-state index in [0.29, 0.717) is 34.9 Å². The zero-order chi connectivity index (χ0) is 18.9. The molecule has 0 amide bonds. The lowest BCUT2D eigenvalue weighted by atomic mass is 9.96. The molecule has 0 fully saturated rings. The number of methoxy groups -OCH3 is 2.